The predicted molar refractivity (Wildman–Crippen MR) is 218 cm³/mol. The van der Waals surface area contributed by atoms with Gasteiger partial charge in [-0.2, -0.15) is 0 Å². The van der Waals surface area contributed by atoms with Gasteiger partial charge < -0.3 is 4.42 Å². The van der Waals surface area contributed by atoms with Crippen LogP contribution in [0.4, 0.5) is 0 Å². The maximum Gasteiger partial charge on any atom is 0.136 e. The molecular formula is C50H30O. The van der Waals surface area contributed by atoms with Crippen molar-refractivity contribution in [2.75, 3.05) is 0 Å². The summed E-state index contributed by atoms with van der Waals surface area (Å²) in [5.41, 5.74) is -5.62. The molecule has 1 nitrogen and oxygen atoms in total. The molecule has 0 aliphatic rings. The molecule has 0 amide bonds. The first-order chi connectivity index (χ1) is 37.4. The van der Waals surface area contributed by atoms with E-state index in [1.807, 2.05) is 0 Å². The summed E-state index contributed by atoms with van der Waals surface area (Å²) >= 11 is 0. The van der Waals surface area contributed by atoms with Crippen molar-refractivity contribution in [3.05, 3.63) is 181 Å². The Hall–Kier alpha value is -6.70. The Morgan fingerprint density at radius 2 is 0.863 bits per heavy atom. The second-order valence-electron chi connectivity index (χ2n) is 11.3. The molecule has 0 atom stereocenters. The van der Waals surface area contributed by atoms with Gasteiger partial charge in [0.1, 0.15) is 11.2 Å². The zero-order chi connectivity index (χ0) is 58.7. The third-order valence-corrected chi connectivity index (χ3v) is 8.71. The molecule has 0 unspecified atom stereocenters. The Labute approximate surface area is 335 Å². The topological polar surface area (TPSA) is 13.1 Å². The average molecular weight is 676 g/mol. The van der Waals surface area contributed by atoms with Crippen LogP contribution in [0.15, 0.2) is 186 Å². The molecule has 0 aliphatic heterocycles. The molecule has 10 aromatic carbocycles. The van der Waals surface area contributed by atoms with Crippen molar-refractivity contribution in [1.82, 2.24) is 0 Å². The van der Waals surface area contributed by atoms with Gasteiger partial charge in [-0.15, -0.1) is 0 Å². The molecule has 11 rings (SSSR count). The van der Waals surface area contributed by atoms with Gasteiger partial charge in [0.25, 0.3) is 0 Å². The van der Waals surface area contributed by atoms with Crippen LogP contribution < -0.4 is 0 Å². The predicted octanol–water partition coefficient (Wildman–Crippen LogP) is 14.4. The first-order valence-electron chi connectivity index (χ1n) is 29.7. The molecule has 0 spiro atoms. The molecule has 11 aromatic rings. The smallest absolute Gasteiger partial charge is 0.136 e. The number of rotatable bonds is 3. The lowest BCUT2D eigenvalue weighted by atomic mass is 9.83. The molecule has 0 radical (unpaired) electrons. The third kappa shape index (κ3) is 4.16. The minimum Gasteiger partial charge on any atom is -0.456 e. The van der Waals surface area contributed by atoms with E-state index in [4.69, 9.17) is 27.7 Å². The number of hydrogen-bond donors (Lipinski definition) is 0. The van der Waals surface area contributed by atoms with Crippen LogP contribution in [0.2, 0.25) is 0 Å². The van der Waals surface area contributed by atoms with Crippen LogP contribution in [0.1, 0.15) is 39.8 Å². The minimum atomic E-state index is -1.09. The van der Waals surface area contributed by atoms with E-state index in [1.54, 1.807) is 0 Å². The summed E-state index contributed by atoms with van der Waals surface area (Å²) in [6.07, 6.45) is 0. The molecule has 0 N–H and O–H groups in total. The summed E-state index contributed by atoms with van der Waals surface area (Å²) in [4.78, 5) is 0. The van der Waals surface area contributed by atoms with E-state index in [-0.39, 0.29) is 5.39 Å². The third-order valence-electron chi connectivity index (χ3n) is 8.71. The van der Waals surface area contributed by atoms with Gasteiger partial charge in [0.05, 0.1) is 39.8 Å². The van der Waals surface area contributed by atoms with Gasteiger partial charge in [-0.1, -0.05) is 163 Å². The number of furan rings is 1. The van der Waals surface area contributed by atoms with Crippen molar-refractivity contribution in [1.29, 1.82) is 0 Å². The van der Waals surface area contributed by atoms with Crippen molar-refractivity contribution in [3.63, 3.8) is 0 Å². The fourth-order valence-corrected chi connectivity index (χ4v) is 6.58. The highest BCUT2D eigenvalue weighted by Gasteiger charge is 2.20. The van der Waals surface area contributed by atoms with E-state index < -0.39 is 279 Å². The van der Waals surface area contributed by atoms with E-state index in [0.29, 0.717) is 0 Å². The number of benzene rings is 10. The monoisotopic (exact) mass is 675 g/mol. The first kappa shape index (κ1) is 12.0. The summed E-state index contributed by atoms with van der Waals surface area (Å²) in [5.74, 6) is 0. The quantitative estimate of drug-likeness (QED) is 0.170. The van der Waals surface area contributed by atoms with Crippen molar-refractivity contribution in [2.24, 2.45) is 0 Å². The van der Waals surface area contributed by atoms with Gasteiger partial charge in [0.2, 0.25) is 0 Å². The van der Waals surface area contributed by atoms with E-state index in [0.717, 1.165) is 6.07 Å². The van der Waals surface area contributed by atoms with Crippen LogP contribution >= 0.6 is 0 Å². The van der Waals surface area contributed by atoms with Gasteiger partial charge >= 0.3 is 0 Å². The molecule has 236 valence electrons. The second-order valence-corrected chi connectivity index (χ2v) is 11.3. The largest absolute Gasteiger partial charge is 0.456 e. The van der Waals surface area contributed by atoms with Crippen molar-refractivity contribution >= 4 is 75.8 Å². The van der Waals surface area contributed by atoms with Crippen molar-refractivity contribution in [3.8, 4) is 33.4 Å². The van der Waals surface area contributed by atoms with E-state index in [1.165, 1.54) is 0 Å². The zero-order valence-electron chi connectivity index (χ0n) is 54.5. The highest BCUT2D eigenvalue weighted by Crippen LogP contribution is 2.47. The molecule has 1 aromatic heterocycles. The lowest BCUT2D eigenvalue weighted by Crippen LogP contribution is -1.92. The zero-order valence-corrected chi connectivity index (χ0v) is 25.5. The first-order valence-corrected chi connectivity index (χ1v) is 15.2. The summed E-state index contributed by atoms with van der Waals surface area (Å²) in [6.45, 7) is 0. The van der Waals surface area contributed by atoms with Crippen LogP contribution in [0.25, 0.3) is 109 Å². The summed E-state index contributed by atoms with van der Waals surface area (Å²) in [5, 5.41) is -7.33. The van der Waals surface area contributed by atoms with Gasteiger partial charge in [0, 0.05) is 10.8 Å². The summed E-state index contributed by atoms with van der Waals surface area (Å²) in [6, 6.07) is -25.4. The summed E-state index contributed by atoms with van der Waals surface area (Å²) < 4.78 is 271. The lowest BCUT2D eigenvalue weighted by molar-refractivity contribution is 0.669. The van der Waals surface area contributed by atoms with Crippen LogP contribution in [0.3, 0.4) is 0 Å². The molecule has 1 heterocycles. The van der Waals surface area contributed by atoms with E-state index >= 15 is 0 Å². The van der Waals surface area contributed by atoms with Crippen molar-refractivity contribution < 1.29 is 44.2 Å². The highest BCUT2D eigenvalue weighted by atomic mass is 16.3. The lowest BCUT2D eigenvalue weighted by Gasteiger charge is -2.20. The molecule has 0 aliphatic carbocycles. The molecule has 0 fully saturated rings. The molecular weight excluding hydrogens is 617 g/mol. The van der Waals surface area contributed by atoms with Gasteiger partial charge in [0.15, 0.2) is 0 Å². The van der Waals surface area contributed by atoms with Crippen LogP contribution in [0.5, 0.6) is 0 Å². The highest BCUT2D eigenvalue weighted by molar-refractivity contribution is 6.26. The van der Waals surface area contributed by atoms with E-state index in [2.05, 4.69) is 0 Å². The fourth-order valence-electron chi connectivity index (χ4n) is 6.58. The Morgan fingerprint density at radius 1 is 0.333 bits per heavy atom. The van der Waals surface area contributed by atoms with Gasteiger partial charge in [-0.25, -0.2) is 0 Å². The molecule has 0 saturated carbocycles. The number of hydrogen-bond acceptors (Lipinski definition) is 1. The Morgan fingerprint density at radius 3 is 1.61 bits per heavy atom. The van der Waals surface area contributed by atoms with Crippen LogP contribution in [-0.2, 0) is 0 Å². The fraction of sp³-hybridized carbons (Fsp3) is 0. The Balaban J connectivity index is 1.45. The molecule has 1 heteroatoms. The Bertz CT molecular complexity index is 4780. The summed E-state index contributed by atoms with van der Waals surface area (Å²) in [7, 11) is 0. The standard InChI is InChI=1S/C50H30O/c1-3-15-34-31(12-1)14-11-23-36(34)39-26-27-44(38-18-6-5-17-37(38)39)49-42-21-9-7-19-40(42)48(41-20-8-10-22-43(41)49)33-25-28-46-45(30-33)50-35-16-4-2-13-32(35)24-29-47(50)51-46/h1-30H/i1D,2D,3D,4D,5D,6D,7D,8D,9D,10D,11D,12D,13D,14D,16D,17D,18D,19D,20D,21D,22D,23D,24D,25D,26D,27D,28D,29D,30D. The molecule has 51 heavy (non-hydrogen) atoms. The van der Waals surface area contributed by atoms with Crippen LogP contribution in [-0.4, -0.2) is 0 Å². The normalized spacial score (nSPS) is 19.9. The minimum absolute atomic E-state index is 0.374. The average Bonchev–Trinajstić information content (AvgIpc) is 3.97. The van der Waals surface area contributed by atoms with Crippen molar-refractivity contribution in [2.45, 2.75) is 0 Å². The SMILES string of the molecule is [2H]c1cc2c(-c3c([2H])c([2H])c(-c4c5c([2H])c([2H])c([2H])c([2H])c5c(-c5c([2H])c([2H])c6oc7c([2H])c([2H])c8c([2H])c([2H])c([2H])c([2H])c8c7c6c5[2H])c5c([2H])c([2H])c([2H])c([2H])c45)c4c([2H])c([2H])c([2H])c([2H])c34)c([2H])c([2H])c([2H])c2c([2H])c1[2H]. The molecule has 0 saturated heterocycles. The second kappa shape index (κ2) is 10.9. The van der Waals surface area contributed by atoms with E-state index in [9.17, 15) is 16.4 Å². The van der Waals surface area contributed by atoms with Gasteiger partial charge in [-0.3, -0.25) is 0 Å². The number of fused-ring (bicyclic) bond motifs is 9. The van der Waals surface area contributed by atoms with Crippen LogP contribution in [0, 0.1) is 0 Å². The maximum atomic E-state index is 9.99. The Kier molecular flexibility index (Phi) is 2.56. The molecule has 0 bridgehead atoms. The van der Waals surface area contributed by atoms with Gasteiger partial charge in [-0.05, 0) is 105 Å². The maximum absolute atomic E-state index is 9.99.